The van der Waals surface area contributed by atoms with Gasteiger partial charge in [0.25, 0.3) is 0 Å². The second-order valence-electron chi connectivity index (χ2n) is 5.18. The van der Waals surface area contributed by atoms with E-state index in [9.17, 15) is 13.2 Å². The van der Waals surface area contributed by atoms with Crippen molar-refractivity contribution in [3.63, 3.8) is 0 Å². The number of nitrogens with zero attached hydrogens (tertiary/aromatic N) is 1. The average molecular weight is 345 g/mol. The molecule has 0 atom stereocenters. The lowest BCUT2D eigenvalue weighted by molar-refractivity contribution is -0.114. The minimum absolute atomic E-state index is 0.123. The number of aromatic nitrogens is 1. The highest BCUT2D eigenvalue weighted by Crippen LogP contribution is 2.16. The molecule has 1 heterocycles. The Morgan fingerprint density at radius 3 is 2.62 bits per heavy atom. The average Bonchev–Trinajstić information content (AvgIpc) is 3.00. The molecule has 124 valence electrons. The maximum Gasteiger partial charge on any atom is 0.240 e. The van der Waals surface area contributed by atoms with Crippen LogP contribution in [0.25, 0.3) is 11.1 Å². The standard InChI is InChI=1S/C16H15N3O4S/c1-11(20)19-13-3-5-14(6-4-13)24(21,22)18-9-12-2-7-15-16(8-12)23-10-17-15/h2-8,10,18H,9H2,1H3,(H,19,20). The summed E-state index contributed by atoms with van der Waals surface area (Å²) in [7, 11) is -3.65. The fourth-order valence-electron chi connectivity index (χ4n) is 2.19. The zero-order valence-electron chi connectivity index (χ0n) is 12.8. The number of carbonyl (C=O) groups is 1. The van der Waals surface area contributed by atoms with Gasteiger partial charge in [0, 0.05) is 19.2 Å². The second-order valence-corrected chi connectivity index (χ2v) is 6.95. The number of sulfonamides is 1. The molecular weight excluding hydrogens is 330 g/mol. The van der Waals surface area contributed by atoms with Crippen molar-refractivity contribution >= 4 is 32.7 Å². The first kappa shape index (κ1) is 16.2. The summed E-state index contributed by atoms with van der Waals surface area (Å²) < 4.78 is 32.4. The van der Waals surface area contributed by atoms with E-state index in [-0.39, 0.29) is 17.3 Å². The molecule has 0 saturated heterocycles. The Morgan fingerprint density at radius 2 is 1.92 bits per heavy atom. The van der Waals surface area contributed by atoms with Crippen molar-refractivity contribution in [1.29, 1.82) is 0 Å². The van der Waals surface area contributed by atoms with Crippen molar-refractivity contribution in [2.24, 2.45) is 0 Å². The second kappa shape index (κ2) is 6.42. The van der Waals surface area contributed by atoms with E-state index in [2.05, 4.69) is 15.0 Å². The van der Waals surface area contributed by atoms with Crippen molar-refractivity contribution in [3.8, 4) is 0 Å². The molecule has 0 fully saturated rings. The highest BCUT2D eigenvalue weighted by molar-refractivity contribution is 7.89. The van der Waals surface area contributed by atoms with Gasteiger partial charge in [0.2, 0.25) is 15.9 Å². The van der Waals surface area contributed by atoms with Gasteiger partial charge in [0.05, 0.1) is 4.90 Å². The normalized spacial score (nSPS) is 11.5. The van der Waals surface area contributed by atoms with E-state index in [1.165, 1.54) is 37.6 Å². The summed E-state index contributed by atoms with van der Waals surface area (Å²) in [5, 5.41) is 2.59. The van der Waals surface area contributed by atoms with Crippen LogP contribution in [0.2, 0.25) is 0 Å². The third-order valence-corrected chi connectivity index (χ3v) is 4.76. The summed E-state index contributed by atoms with van der Waals surface area (Å²) in [6.45, 7) is 1.52. The first-order valence-electron chi connectivity index (χ1n) is 7.13. The number of carbonyl (C=O) groups excluding carboxylic acids is 1. The number of anilines is 1. The van der Waals surface area contributed by atoms with Crippen molar-refractivity contribution in [2.45, 2.75) is 18.4 Å². The Bertz CT molecular complexity index is 978. The first-order valence-corrected chi connectivity index (χ1v) is 8.62. The van der Waals surface area contributed by atoms with E-state index in [1.807, 2.05) is 0 Å². The lowest BCUT2D eigenvalue weighted by atomic mass is 10.2. The lowest BCUT2D eigenvalue weighted by Crippen LogP contribution is -2.23. The van der Waals surface area contributed by atoms with Gasteiger partial charge in [-0.1, -0.05) is 6.07 Å². The molecule has 7 nitrogen and oxygen atoms in total. The van der Waals surface area contributed by atoms with Crippen LogP contribution in [0.15, 0.2) is 58.2 Å². The number of amides is 1. The molecular formula is C16H15N3O4S. The molecule has 0 saturated carbocycles. The fraction of sp³-hybridized carbons (Fsp3) is 0.125. The van der Waals surface area contributed by atoms with Crippen LogP contribution in [0.5, 0.6) is 0 Å². The molecule has 8 heteroatoms. The van der Waals surface area contributed by atoms with Crippen molar-refractivity contribution in [3.05, 3.63) is 54.4 Å². The molecule has 0 radical (unpaired) electrons. The maximum atomic E-state index is 12.3. The van der Waals surface area contributed by atoms with Gasteiger partial charge in [-0.05, 0) is 42.0 Å². The van der Waals surface area contributed by atoms with Gasteiger partial charge in [-0.3, -0.25) is 4.79 Å². The molecule has 2 aromatic carbocycles. The molecule has 24 heavy (non-hydrogen) atoms. The minimum Gasteiger partial charge on any atom is -0.443 e. The fourth-order valence-corrected chi connectivity index (χ4v) is 3.21. The molecule has 3 aromatic rings. The third-order valence-electron chi connectivity index (χ3n) is 3.35. The maximum absolute atomic E-state index is 12.3. The molecule has 0 aliphatic carbocycles. The molecule has 1 aromatic heterocycles. The summed E-state index contributed by atoms with van der Waals surface area (Å²) in [5.41, 5.74) is 2.62. The van der Waals surface area contributed by atoms with Crippen molar-refractivity contribution < 1.29 is 17.6 Å². The Balaban J connectivity index is 1.72. The van der Waals surface area contributed by atoms with Crippen LogP contribution in [0, 0.1) is 0 Å². The molecule has 0 spiro atoms. The first-order chi connectivity index (χ1) is 11.4. The summed E-state index contributed by atoms with van der Waals surface area (Å²) in [5.74, 6) is -0.216. The van der Waals surface area contributed by atoms with Crippen LogP contribution in [-0.2, 0) is 21.4 Å². The zero-order chi connectivity index (χ0) is 17.2. The molecule has 3 rings (SSSR count). The number of oxazole rings is 1. The molecule has 2 N–H and O–H groups in total. The van der Waals surface area contributed by atoms with E-state index in [0.29, 0.717) is 11.3 Å². The van der Waals surface area contributed by atoms with Crippen LogP contribution >= 0.6 is 0 Å². The largest absolute Gasteiger partial charge is 0.443 e. The van der Waals surface area contributed by atoms with Crippen LogP contribution in [0.1, 0.15) is 12.5 Å². The van der Waals surface area contributed by atoms with E-state index in [4.69, 9.17) is 4.42 Å². The predicted molar refractivity (Wildman–Crippen MR) is 88.8 cm³/mol. The molecule has 0 aliphatic heterocycles. The Labute approximate surface area is 138 Å². The van der Waals surface area contributed by atoms with Gasteiger partial charge in [0.15, 0.2) is 12.0 Å². The zero-order valence-corrected chi connectivity index (χ0v) is 13.6. The third kappa shape index (κ3) is 3.61. The number of rotatable bonds is 5. The molecule has 0 unspecified atom stereocenters. The van der Waals surface area contributed by atoms with E-state index < -0.39 is 10.0 Å². The summed E-state index contributed by atoms with van der Waals surface area (Å²) >= 11 is 0. The molecule has 0 aliphatic rings. The highest BCUT2D eigenvalue weighted by atomic mass is 32.2. The van der Waals surface area contributed by atoms with Gasteiger partial charge >= 0.3 is 0 Å². The van der Waals surface area contributed by atoms with Crippen molar-refractivity contribution in [1.82, 2.24) is 9.71 Å². The quantitative estimate of drug-likeness (QED) is 0.738. The Hall–Kier alpha value is -2.71. The van der Waals surface area contributed by atoms with Gasteiger partial charge in [-0.25, -0.2) is 18.1 Å². The van der Waals surface area contributed by atoms with Gasteiger partial charge in [-0.15, -0.1) is 0 Å². The van der Waals surface area contributed by atoms with Crippen LogP contribution in [-0.4, -0.2) is 19.3 Å². The van der Waals surface area contributed by atoms with Crippen molar-refractivity contribution in [2.75, 3.05) is 5.32 Å². The van der Waals surface area contributed by atoms with Crippen LogP contribution in [0.3, 0.4) is 0 Å². The SMILES string of the molecule is CC(=O)Nc1ccc(S(=O)(=O)NCc2ccc3ncoc3c2)cc1. The number of fused-ring (bicyclic) bond motifs is 1. The monoisotopic (exact) mass is 345 g/mol. The highest BCUT2D eigenvalue weighted by Gasteiger charge is 2.14. The number of hydrogen-bond acceptors (Lipinski definition) is 5. The van der Waals surface area contributed by atoms with Crippen LogP contribution in [0.4, 0.5) is 5.69 Å². The van der Waals surface area contributed by atoms with E-state index >= 15 is 0 Å². The minimum atomic E-state index is -3.65. The summed E-state index contributed by atoms with van der Waals surface area (Å²) in [6, 6.07) is 11.2. The summed E-state index contributed by atoms with van der Waals surface area (Å²) in [6.07, 6.45) is 1.34. The summed E-state index contributed by atoms with van der Waals surface area (Å²) in [4.78, 5) is 15.1. The van der Waals surface area contributed by atoms with Gasteiger partial charge < -0.3 is 9.73 Å². The van der Waals surface area contributed by atoms with Gasteiger partial charge in [0.1, 0.15) is 5.52 Å². The predicted octanol–water partition coefficient (Wildman–Crippen LogP) is 2.26. The smallest absolute Gasteiger partial charge is 0.240 e. The number of hydrogen-bond donors (Lipinski definition) is 2. The molecule has 1 amide bonds. The number of nitrogens with one attached hydrogen (secondary N) is 2. The van der Waals surface area contributed by atoms with E-state index in [0.717, 1.165) is 11.1 Å². The van der Waals surface area contributed by atoms with Gasteiger partial charge in [-0.2, -0.15) is 0 Å². The Morgan fingerprint density at radius 1 is 1.17 bits per heavy atom. The lowest BCUT2D eigenvalue weighted by Gasteiger charge is -2.08. The van der Waals surface area contributed by atoms with E-state index in [1.54, 1.807) is 18.2 Å². The Kier molecular flexibility index (Phi) is 4.32. The topological polar surface area (TPSA) is 101 Å². The van der Waals surface area contributed by atoms with Crippen LogP contribution < -0.4 is 10.0 Å². The number of benzene rings is 2. The molecule has 0 bridgehead atoms.